The molecule has 1 nitrogen and oxygen atoms in total. The zero-order valence-electron chi connectivity index (χ0n) is 13.1. The zero-order valence-corrected chi connectivity index (χ0v) is 16.0. The van der Waals surface area contributed by atoms with E-state index >= 15 is 0 Å². The normalized spacial score (nSPS) is 13.6. The second-order valence-electron chi connectivity index (χ2n) is 5.98. The maximum atomic E-state index is 10.9. The molecule has 108 valence electrons. The van der Waals surface area contributed by atoms with Gasteiger partial charge in [-0.05, 0) is 0 Å². The van der Waals surface area contributed by atoms with E-state index < -0.39 is 18.4 Å². The van der Waals surface area contributed by atoms with Crippen molar-refractivity contribution in [2.75, 3.05) is 0 Å². The van der Waals surface area contributed by atoms with Crippen molar-refractivity contribution >= 4 is 24.7 Å². The van der Waals surface area contributed by atoms with Gasteiger partial charge in [0, 0.05) is 0 Å². The van der Waals surface area contributed by atoms with E-state index in [0.717, 1.165) is 10.4 Å². The standard InChI is InChI=1S/C4H7O.3C4H9.Sn/c1-2-3-4-5;3*1-3-4-2;/h2,4H,3H2,1H3;3*1,3-4H2,2H3;. The van der Waals surface area contributed by atoms with Crippen LogP contribution in [0.15, 0.2) is 0 Å². The number of hydrogen-bond donors (Lipinski definition) is 0. The topological polar surface area (TPSA) is 17.1 Å². The fraction of sp³-hybridized carbons (Fsp3) is 0.938. The predicted octanol–water partition coefficient (Wildman–Crippen LogP) is 5.81. The molecule has 0 saturated heterocycles. The quantitative estimate of drug-likeness (QED) is 0.316. The predicted molar refractivity (Wildman–Crippen MR) is 85.0 cm³/mol. The second-order valence-corrected chi connectivity index (χ2v) is 20.8. The molecule has 0 aromatic rings. The summed E-state index contributed by atoms with van der Waals surface area (Å²) in [5.74, 6) is 0. The number of hydrogen-bond acceptors (Lipinski definition) is 1. The van der Waals surface area contributed by atoms with Gasteiger partial charge >= 0.3 is 119 Å². The molecule has 0 aromatic carbocycles. The van der Waals surface area contributed by atoms with Gasteiger partial charge in [0.25, 0.3) is 0 Å². The zero-order chi connectivity index (χ0) is 13.9. The van der Waals surface area contributed by atoms with Crippen molar-refractivity contribution < 1.29 is 4.79 Å². The molecule has 0 aliphatic heterocycles. The van der Waals surface area contributed by atoms with Crippen LogP contribution < -0.4 is 0 Å². The number of carbonyl (C=O) groups is 1. The van der Waals surface area contributed by atoms with Crippen LogP contribution in [0.1, 0.15) is 72.6 Å². The first-order chi connectivity index (χ1) is 8.66. The van der Waals surface area contributed by atoms with Gasteiger partial charge in [0.05, 0.1) is 0 Å². The van der Waals surface area contributed by atoms with E-state index in [1.165, 1.54) is 58.1 Å². The molecule has 1 unspecified atom stereocenters. The van der Waals surface area contributed by atoms with Crippen LogP contribution in [0.4, 0.5) is 0 Å². The molecule has 0 saturated carbocycles. The minimum atomic E-state index is -2.06. The van der Waals surface area contributed by atoms with Crippen molar-refractivity contribution in [2.45, 2.75) is 89.9 Å². The van der Waals surface area contributed by atoms with Crippen LogP contribution in [-0.4, -0.2) is 24.7 Å². The average molecular weight is 361 g/mol. The molecule has 2 heteroatoms. The molecule has 0 spiro atoms. The Morgan fingerprint density at radius 3 is 1.56 bits per heavy atom. The van der Waals surface area contributed by atoms with E-state index in [2.05, 4.69) is 27.7 Å². The monoisotopic (exact) mass is 362 g/mol. The summed E-state index contributed by atoms with van der Waals surface area (Å²) in [6, 6.07) is 0. The molecular formula is C16H34OSn. The molecule has 0 amide bonds. The Balaban J connectivity index is 4.77. The Morgan fingerprint density at radius 2 is 1.28 bits per heavy atom. The SMILES string of the molecule is CCC[CH2][Sn]([CH2]CCC)([CH2]CCC)[CH](C)CC=O. The van der Waals surface area contributed by atoms with E-state index in [0.29, 0.717) is 0 Å². The third kappa shape index (κ3) is 6.58. The van der Waals surface area contributed by atoms with Crippen molar-refractivity contribution in [3.8, 4) is 0 Å². The Kier molecular flexibility index (Phi) is 11.6. The van der Waals surface area contributed by atoms with Crippen LogP contribution in [0.25, 0.3) is 0 Å². The minimum absolute atomic E-state index is 0.765. The first-order valence-corrected chi connectivity index (χ1v) is 15.8. The summed E-state index contributed by atoms with van der Waals surface area (Å²) in [4.78, 5) is 10.9. The molecule has 0 bridgehead atoms. The molecule has 0 fully saturated rings. The maximum absolute atomic E-state index is 10.9. The Labute approximate surface area is 119 Å². The van der Waals surface area contributed by atoms with Crippen molar-refractivity contribution in [2.24, 2.45) is 0 Å². The molecule has 0 aromatic heterocycles. The van der Waals surface area contributed by atoms with Crippen LogP contribution in [0.5, 0.6) is 0 Å². The van der Waals surface area contributed by atoms with Crippen molar-refractivity contribution in [3.05, 3.63) is 0 Å². The molecule has 0 aliphatic rings. The number of rotatable bonds is 12. The first-order valence-electron chi connectivity index (χ1n) is 8.10. The van der Waals surface area contributed by atoms with Crippen LogP contribution in [0, 0.1) is 0 Å². The van der Waals surface area contributed by atoms with Gasteiger partial charge in [-0.1, -0.05) is 0 Å². The van der Waals surface area contributed by atoms with Crippen LogP contribution >= 0.6 is 0 Å². The fourth-order valence-electron chi connectivity index (χ4n) is 3.10. The summed E-state index contributed by atoms with van der Waals surface area (Å²) in [5, 5.41) is 0. The summed E-state index contributed by atoms with van der Waals surface area (Å²) >= 11 is -2.06. The summed E-state index contributed by atoms with van der Waals surface area (Å²) in [6.07, 6.45) is 10.2. The van der Waals surface area contributed by atoms with Crippen LogP contribution in [-0.2, 0) is 4.79 Å². The number of aldehydes is 1. The van der Waals surface area contributed by atoms with E-state index in [4.69, 9.17) is 0 Å². The van der Waals surface area contributed by atoms with E-state index in [-0.39, 0.29) is 0 Å². The molecular weight excluding hydrogens is 327 g/mol. The Bertz CT molecular complexity index is 181. The van der Waals surface area contributed by atoms with E-state index in [9.17, 15) is 4.79 Å². The Hall–Kier alpha value is 0.469. The average Bonchev–Trinajstić information content (AvgIpc) is 2.38. The van der Waals surface area contributed by atoms with Crippen molar-refractivity contribution in [1.82, 2.24) is 0 Å². The van der Waals surface area contributed by atoms with Gasteiger partial charge in [0.2, 0.25) is 0 Å². The molecule has 0 N–H and O–H groups in total. The summed E-state index contributed by atoms with van der Waals surface area (Å²) in [6.45, 7) is 9.31. The van der Waals surface area contributed by atoms with Gasteiger partial charge in [-0.2, -0.15) is 0 Å². The molecule has 0 heterocycles. The molecule has 1 atom stereocenters. The van der Waals surface area contributed by atoms with Crippen LogP contribution in [0.3, 0.4) is 0 Å². The third-order valence-corrected chi connectivity index (χ3v) is 22.8. The van der Waals surface area contributed by atoms with Gasteiger partial charge in [-0.3, -0.25) is 0 Å². The van der Waals surface area contributed by atoms with E-state index in [1.807, 2.05) is 0 Å². The van der Waals surface area contributed by atoms with Crippen molar-refractivity contribution in [3.63, 3.8) is 0 Å². The third-order valence-electron chi connectivity index (χ3n) is 4.58. The molecule has 0 aliphatic carbocycles. The summed E-state index contributed by atoms with van der Waals surface area (Å²) < 4.78 is 5.35. The van der Waals surface area contributed by atoms with Crippen LogP contribution in [0.2, 0.25) is 17.2 Å². The Morgan fingerprint density at radius 1 is 0.889 bits per heavy atom. The fourth-order valence-corrected chi connectivity index (χ4v) is 20.2. The summed E-state index contributed by atoms with van der Waals surface area (Å²) in [5.41, 5.74) is 0. The molecule has 0 radical (unpaired) electrons. The summed E-state index contributed by atoms with van der Waals surface area (Å²) in [7, 11) is 0. The number of carbonyl (C=O) groups excluding carboxylic acids is 1. The first kappa shape index (κ1) is 18.5. The van der Waals surface area contributed by atoms with Gasteiger partial charge in [-0.25, -0.2) is 0 Å². The van der Waals surface area contributed by atoms with Gasteiger partial charge in [0.15, 0.2) is 0 Å². The van der Waals surface area contributed by atoms with Gasteiger partial charge < -0.3 is 0 Å². The molecule has 0 rings (SSSR count). The van der Waals surface area contributed by atoms with Gasteiger partial charge in [-0.15, -0.1) is 0 Å². The number of unbranched alkanes of at least 4 members (excludes halogenated alkanes) is 3. The van der Waals surface area contributed by atoms with Gasteiger partial charge in [0.1, 0.15) is 0 Å². The second kappa shape index (κ2) is 11.3. The van der Waals surface area contributed by atoms with E-state index in [1.54, 1.807) is 0 Å². The van der Waals surface area contributed by atoms with Crippen molar-refractivity contribution in [1.29, 1.82) is 0 Å². The molecule has 18 heavy (non-hydrogen) atoms.